The van der Waals surface area contributed by atoms with Gasteiger partial charge in [-0.25, -0.2) is 0 Å². The Morgan fingerprint density at radius 1 is 0.926 bits per heavy atom. The minimum atomic E-state index is -0.782. The molecule has 0 bridgehead atoms. The molecule has 0 spiro atoms. The van der Waals surface area contributed by atoms with Crippen LogP contribution in [-0.4, -0.2) is 38.7 Å². The molecular formula is C20H22N4O3. The van der Waals surface area contributed by atoms with Crippen molar-refractivity contribution in [3.63, 3.8) is 0 Å². The third kappa shape index (κ3) is 3.20. The van der Waals surface area contributed by atoms with E-state index in [-0.39, 0.29) is 11.3 Å². The van der Waals surface area contributed by atoms with E-state index in [1.54, 1.807) is 12.3 Å². The molecule has 2 aromatic heterocycles. The van der Waals surface area contributed by atoms with Gasteiger partial charge in [-0.05, 0) is 24.5 Å². The average molecular weight is 366 g/mol. The minimum Gasteiger partial charge on any atom is -0.341 e. The molecule has 4 rings (SSSR count). The highest BCUT2D eigenvalue weighted by Gasteiger charge is 2.29. The van der Waals surface area contributed by atoms with Crippen LogP contribution in [0.2, 0.25) is 0 Å². The van der Waals surface area contributed by atoms with Crippen LogP contribution < -0.4 is 11.1 Å². The van der Waals surface area contributed by atoms with E-state index in [0.717, 1.165) is 31.2 Å². The molecule has 1 aliphatic heterocycles. The van der Waals surface area contributed by atoms with Crippen molar-refractivity contribution in [2.24, 2.45) is 0 Å². The molecule has 1 saturated heterocycles. The van der Waals surface area contributed by atoms with Crippen LogP contribution in [0.4, 0.5) is 0 Å². The Hall–Kier alpha value is -3.09. The summed E-state index contributed by atoms with van der Waals surface area (Å²) in [5.41, 5.74) is 0.237. The number of hydrogen-bond acceptors (Lipinski definition) is 3. The Balaban J connectivity index is 1.85. The number of fused-ring (bicyclic) bond motifs is 1. The normalized spacial score (nSPS) is 16.2. The van der Waals surface area contributed by atoms with Gasteiger partial charge in [-0.2, -0.15) is 0 Å². The van der Waals surface area contributed by atoms with Crippen molar-refractivity contribution < 1.29 is 4.79 Å². The summed E-state index contributed by atoms with van der Waals surface area (Å²) in [6.07, 6.45) is 5.76. The van der Waals surface area contributed by atoms with Crippen molar-refractivity contribution in [3.8, 4) is 0 Å². The number of carbonyl (C=O) groups excluding carboxylic acids is 1. The molecule has 3 aromatic rings. The highest BCUT2D eigenvalue weighted by molar-refractivity contribution is 5.84. The minimum absolute atomic E-state index is 0.0436. The van der Waals surface area contributed by atoms with E-state index >= 15 is 0 Å². The van der Waals surface area contributed by atoms with Crippen molar-refractivity contribution in [2.75, 3.05) is 13.1 Å². The third-order valence-corrected chi connectivity index (χ3v) is 5.20. The molecule has 1 atom stereocenters. The number of nitrogens with zero attached hydrogens (tertiary/aromatic N) is 2. The van der Waals surface area contributed by atoms with Gasteiger partial charge >= 0.3 is 0 Å². The average Bonchev–Trinajstić information content (AvgIpc) is 2.90. The standard InChI is InChI=1S/C20H22N4O3/c25-18-16-15(21-22-18)10-13-24(19(16)26)17(14-8-4-3-5-9-14)20(27)23-11-6-1-2-7-12-23/h3-5,8-10,13,17H,1-2,6-7,11-12H2,(H2,21,22,25). The number of carbonyl (C=O) groups is 1. The number of aromatic nitrogens is 3. The maximum Gasteiger partial charge on any atom is 0.277 e. The number of benzene rings is 1. The Bertz CT molecular complexity index is 1060. The fourth-order valence-electron chi connectivity index (χ4n) is 3.79. The first-order chi connectivity index (χ1) is 13.2. The maximum absolute atomic E-state index is 13.4. The van der Waals surface area contributed by atoms with Crippen molar-refractivity contribution in [1.29, 1.82) is 0 Å². The van der Waals surface area contributed by atoms with E-state index in [1.165, 1.54) is 4.57 Å². The van der Waals surface area contributed by atoms with Gasteiger partial charge in [-0.1, -0.05) is 43.2 Å². The van der Waals surface area contributed by atoms with Crippen LogP contribution in [0.15, 0.2) is 52.2 Å². The van der Waals surface area contributed by atoms with Crippen LogP contribution in [0.3, 0.4) is 0 Å². The fourth-order valence-corrected chi connectivity index (χ4v) is 3.79. The van der Waals surface area contributed by atoms with Crippen molar-refractivity contribution in [2.45, 2.75) is 31.7 Å². The Kier molecular flexibility index (Phi) is 4.66. The quantitative estimate of drug-likeness (QED) is 0.743. The molecule has 1 aromatic carbocycles. The summed E-state index contributed by atoms with van der Waals surface area (Å²) in [6, 6.07) is 10.1. The Morgan fingerprint density at radius 3 is 2.33 bits per heavy atom. The number of likely N-dealkylation sites (tertiary alicyclic amines) is 1. The number of rotatable bonds is 3. The predicted molar refractivity (Wildman–Crippen MR) is 103 cm³/mol. The van der Waals surface area contributed by atoms with Crippen molar-refractivity contribution >= 4 is 16.8 Å². The van der Waals surface area contributed by atoms with E-state index in [2.05, 4.69) is 10.2 Å². The molecule has 1 amide bonds. The van der Waals surface area contributed by atoms with Crippen LogP contribution in [0.25, 0.3) is 10.9 Å². The predicted octanol–water partition coefficient (Wildman–Crippen LogP) is 2.01. The molecule has 140 valence electrons. The van der Waals surface area contributed by atoms with E-state index < -0.39 is 17.2 Å². The van der Waals surface area contributed by atoms with Gasteiger partial charge in [0.25, 0.3) is 11.1 Å². The number of nitrogens with one attached hydrogen (secondary N) is 2. The molecular weight excluding hydrogens is 344 g/mol. The zero-order chi connectivity index (χ0) is 18.8. The molecule has 0 radical (unpaired) electrons. The van der Waals surface area contributed by atoms with Gasteiger partial charge in [0.15, 0.2) is 0 Å². The number of aromatic amines is 2. The number of amides is 1. The lowest BCUT2D eigenvalue weighted by atomic mass is 10.0. The second-order valence-corrected chi connectivity index (χ2v) is 6.95. The van der Waals surface area contributed by atoms with E-state index in [0.29, 0.717) is 18.6 Å². The third-order valence-electron chi connectivity index (χ3n) is 5.20. The van der Waals surface area contributed by atoms with Crippen LogP contribution >= 0.6 is 0 Å². The van der Waals surface area contributed by atoms with Gasteiger partial charge in [-0.15, -0.1) is 0 Å². The summed E-state index contributed by atoms with van der Waals surface area (Å²) >= 11 is 0. The van der Waals surface area contributed by atoms with Gasteiger partial charge in [0.2, 0.25) is 5.91 Å². The second-order valence-electron chi connectivity index (χ2n) is 6.95. The lowest BCUT2D eigenvalue weighted by molar-refractivity contribution is -0.133. The SMILES string of the molecule is O=C(C(c1ccccc1)n1ccc2[nH][nH]c(=O)c2c1=O)N1CCCCCC1. The van der Waals surface area contributed by atoms with Gasteiger partial charge in [-0.3, -0.25) is 29.1 Å². The Morgan fingerprint density at radius 2 is 1.63 bits per heavy atom. The van der Waals surface area contributed by atoms with E-state index in [4.69, 9.17) is 0 Å². The first-order valence-corrected chi connectivity index (χ1v) is 9.32. The van der Waals surface area contributed by atoms with Gasteiger partial charge in [0.1, 0.15) is 11.4 Å². The Labute approximate surface area is 155 Å². The topological polar surface area (TPSA) is 91.0 Å². The second kappa shape index (κ2) is 7.26. The molecule has 0 aliphatic carbocycles. The maximum atomic E-state index is 13.4. The molecule has 27 heavy (non-hydrogen) atoms. The lowest BCUT2D eigenvalue weighted by Gasteiger charge is -2.27. The zero-order valence-electron chi connectivity index (χ0n) is 15.0. The molecule has 1 unspecified atom stereocenters. The summed E-state index contributed by atoms with van der Waals surface area (Å²) in [5, 5.41) is 5.17. The summed E-state index contributed by atoms with van der Waals surface area (Å²) in [7, 11) is 0. The van der Waals surface area contributed by atoms with Crippen LogP contribution in [0.1, 0.15) is 37.3 Å². The zero-order valence-corrected chi connectivity index (χ0v) is 15.0. The molecule has 3 heterocycles. The molecule has 1 fully saturated rings. The number of H-pyrrole nitrogens is 2. The molecule has 2 N–H and O–H groups in total. The first kappa shape index (κ1) is 17.3. The highest BCUT2D eigenvalue weighted by Crippen LogP contribution is 2.22. The number of hydrogen-bond donors (Lipinski definition) is 2. The van der Waals surface area contributed by atoms with Crippen molar-refractivity contribution in [3.05, 3.63) is 68.9 Å². The molecule has 0 saturated carbocycles. The van der Waals surface area contributed by atoms with Crippen LogP contribution in [0, 0.1) is 0 Å². The summed E-state index contributed by atoms with van der Waals surface area (Å²) in [4.78, 5) is 40.4. The molecule has 7 nitrogen and oxygen atoms in total. The summed E-state index contributed by atoms with van der Waals surface area (Å²) in [5.74, 6) is -0.100. The van der Waals surface area contributed by atoms with Crippen LogP contribution in [0.5, 0.6) is 0 Å². The van der Waals surface area contributed by atoms with Crippen LogP contribution in [-0.2, 0) is 4.79 Å². The summed E-state index contributed by atoms with van der Waals surface area (Å²) < 4.78 is 1.38. The van der Waals surface area contributed by atoms with Crippen molar-refractivity contribution in [1.82, 2.24) is 19.7 Å². The molecule has 7 heteroatoms. The monoisotopic (exact) mass is 366 g/mol. The molecule has 1 aliphatic rings. The highest BCUT2D eigenvalue weighted by atomic mass is 16.2. The summed E-state index contributed by atoms with van der Waals surface area (Å²) in [6.45, 7) is 1.40. The van der Waals surface area contributed by atoms with Gasteiger partial charge < -0.3 is 4.90 Å². The first-order valence-electron chi connectivity index (χ1n) is 9.32. The van der Waals surface area contributed by atoms with E-state index in [9.17, 15) is 14.4 Å². The number of pyridine rings is 1. The van der Waals surface area contributed by atoms with Gasteiger partial charge in [0.05, 0.1) is 5.52 Å². The lowest BCUT2D eigenvalue weighted by Crippen LogP contribution is -2.41. The largest absolute Gasteiger partial charge is 0.341 e. The van der Waals surface area contributed by atoms with Gasteiger partial charge in [0, 0.05) is 19.3 Å². The van der Waals surface area contributed by atoms with E-state index in [1.807, 2.05) is 35.2 Å². The smallest absolute Gasteiger partial charge is 0.277 e. The fraction of sp³-hybridized carbons (Fsp3) is 0.350.